The fourth-order valence-corrected chi connectivity index (χ4v) is 2.98. The van der Waals surface area contributed by atoms with E-state index in [9.17, 15) is 0 Å². The van der Waals surface area contributed by atoms with Crippen molar-refractivity contribution < 1.29 is 0 Å². The molecule has 1 aliphatic heterocycles. The lowest BCUT2D eigenvalue weighted by atomic mass is 9.93. The van der Waals surface area contributed by atoms with Crippen molar-refractivity contribution in [3.05, 3.63) is 59.9 Å². The molecule has 0 saturated carbocycles. The van der Waals surface area contributed by atoms with Crippen molar-refractivity contribution in [2.75, 3.05) is 25.0 Å². The van der Waals surface area contributed by atoms with Gasteiger partial charge in [0, 0.05) is 44.8 Å². The van der Waals surface area contributed by atoms with Crippen molar-refractivity contribution >= 4 is 5.69 Å². The molecule has 1 aromatic carbocycles. The number of fused-ring (bicyclic) bond motifs is 1. The van der Waals surface area contributed by atoms with Crippen LogP contribution in [0.3, 0.4) is 0 Å². The highest BCUT2D eigenvalue weighted by molar-refractivity contribution is 5.55. The van der Waals surface area contributed by atoms with Crippen LogP contribution in [0.5, 0.6) is 0 Å². The van der Waals surface area contributed by atoms with Crippen LogP contribution in [0.1, 0.15) is 11.1 Å². The fourth-order valence-electron chi connectivity index (χ4n) is 2.98. The molecule has 0 amide bonds. The number of pyridine rings is 1. The van der Waals surface area contributed by atoms with Gasteiger partial charge in [0.1, 0.15) is 0 Å². The van der Waals surface area contributed by atoms with Crippen molar-refractivity contribution in [2.45, 2.75) is 13.0 Å². The number of aromatic nitrogens is 1. The summed E-state index contributed by atoms with van der Waals surface area (Å²) in [5.41, 5.74) is 4.15. The summed E-state index contributed by atoms with van der Waals surface area (Å²) in [5.74, 6) is 0.678. The highest BCUT2D eigenvalue weighted by atomic mass is 15.1. The van der Waals surface area contributed by atoms with Crippen LogP contribution in [0.15, 0.2) is 48.8 Å². The van der Waals surface area contributed by atoms with Gasteiger partial charge in [-0.1, -0.05) is 18.2 Å². The Bertz CT molecular complexity index is 553. The molecule has 2 aromatic rings. The molecule has 0 saturated heterocycles. The highest BCUT2D eigenvalue weighted by Gasteiger charge is 2.21. The van der Waals surface area contributed by atoms with E-state index in [1.54, 1.807) is 0 Å². The Balaban J connectivity index is 1.55. The van der Waals surface area contributed by atoms with Gasteiger partial charge in [0.25, 0.3) is 0 Å². The van der Waals surface area contributed by atoms with Gasteiger partial charge in [0.15, 0.2) is 0 Å². The number of hydrogen-bond donors (Lipinski definition) is 1. The molecule has 2 heterocycles. The average Bonchev–Trinajstić information content (AvgIpc) is 2.48. The molecular formula is C17H21N3. The second-order valence-corrected chi connectivity index (χ2v) is 5.57. The first-order valence-electron chi connectivity index (χ1n) is 7.21. The maximum absolute atomic E-state index is 4.04. The predicted molar refractivity (Wildman–Crippen MR) is 82.8 cm³/mol. The minimum absolute atomic E-state index is 0.678. The second kappa shape index (κ2) is 6.06. The molecule has 3 heteroatoms. The first-order valence-corrected chi connectivity index (χ1v) is 7.21. The molecule has 0 aliphatic carbocycles. The summed E-state index contributed by atoms with van der Waals surface area (Å²) in [6, 6.07) is 12.9. The van der Waals surface area contributed by atoms with E-state index in [2.05, 4.69) is 58.6 Å². The second-order valence-electron chi connectivity index (χ2n) is 5.57. The summed E-state index contributed by atoms with van der Waals surface area (Å²) in [7, 11) is 2.19. The van der Waals surface area contributed by atoms with Crippen molar-refractivity contribution in [1.82, 2.24) is 10.3 Å². The van der Waals surface area contributed by atoms with Gasteiger partial charge in [0.05, 0.1) is 0 Å². The molecule has 0 radical (unpaired) electrons. The van der Waals surface area contributed by atoms with Crippen molar-refractivity contribution in [2.24, 2.45) is 5.92 Å². The van der Waals surface area contributed by atoms with Gasteiger partial charge < -0.3 is 10.2 Å². The predicted octanol–water partition coefficient (Wildman–Crippen LogP) is 2.48. The van der Waals surface area contributed by atoms with Gasteiger partial charge in [-0.2, -0.15) is 0 Å². The Morgan fingerprint density at radius 3 is 2.85 bits per heavy atom. The molecule has 1 N–H and O–H groups in total. The molecule has 0 spiro atoms. The van der Waals surface area contributed by atoms with Crippen LogP contribution in [0.4, 0.5) is 5.69 Å². The quantitative estimate of drug-likeness (QED) is 0.922. The number of para-hydroxylation sites is 1. The molecule has 0 fully saturated rings. The molecular weight excluding hydrogens is 246 g/mol. The fraction of sp³-hybridized carbons (Fsp3) is 0.353. The maximum atomic E-state index is 4.04. The lowest BCUT2D eigenvalue weighted by Gasteiger charge is -2.33. The zero-order valence-corrected chi connectivity index (χ0v) is 11.9. The van der Waals surface area contributed by atoms with E-state index in [0.29, 0.717) is 5.92 Å². The minimum Gasteiger partial charge on any atom is -0.374 e. The molecule has 1 aromatic heterocycles. The molecule has 0 bridgehead atoms. The summed E-state index contributed by atoms with van der Waals surface area (Å²) in [4.78, 5) is 6.42. The summed E-state index contributed by atoms with van der Waals surface area (Å²) >= 11 is 0. The van der Waals surface area contributed by atoms with Crippen molar-refractivity contribution in [3.63, 3.8) is 0 Å². The zero-order chi connectivity index (χ0) is 13.8. The van der Waals surface area contributed by atoms with Crippen LogP contribution in [-0.4, -0.2) is 25.1 Å². The zero-order valence-electron chi connectivity index (χ0n) is 11.9. The van der Waals surface area contributed by atoms with E-state index >= 15 is 0 Å². The summed E-state index contributed by atoms with van der Waals surface area (Å²) < 4.78 is 0. The van der Waals surface area contributed by atoms with Crippen LogP contribution in [0.25, 0.3) is 0 Å². The number of rotatable bonds is 4. The van der Waals surface area contributed by atoms with Crippen LogP contribution in [0, 0.1) is 5.92 Å². The lowest BCUT2D eigenvalue weighted by molar-refractivity contribution is 0.460. The number of nitrogens with zero attached hydrogens (tertiary/aromatic N) is 2. The molecule has 1 atom stereocenters. The average molecular weight is 267 g/mol. The normalized spacial score (nSPS) is 17.9. The Morgan fingerprint density at radius 1 is 1.20 bits per heavy atom. The third-order valence-electron chi connectivity index (χ3n) is 3.96. The third kappa shape index (κ3) is 2.99. The van der Waals surface area contributed by atoms with Gasteiger partial charge >= 0.3 is 0 Å². The molecule has 3 rings (SSSR count). The van der Waals surface area contributed by atoms with E-state index in [1.165, 1.54) is 23.2 Å². The smallest absolute Gasteiger partial charge is 0.0396 e. The summed E-state index contributed by atoms with van der Waals surface area (Å²) in [6.45, 7) is 3.10. The topological polar surface area (TPSA) is 28.2 Å². The number of benzene rings is 1. The first kappa shape index (κ1) is 13.1. The lowest BCUT2D eigenvalue weighted by Crippen LogP contribution is -2.37. The number of nitrogens with one attached hydrogen (secondary N) is 1. The highest BCUT2D eigenvalue weighted by Crippen LogP contribution is 2.27. The van der Waals surface area contributed by atoms with Gasteiger partial charge in [-0.15, -0.1) is 0 Å². The first-order chi connectivity index (χ1) is 9.83. The van der Waals surface area contributed by atoms with Crippen molar-refractivity contribution in [1.29, 1.82) is 0 Å². The van der Waals surface area contributed by atoms with Crippen LogP contribution in [-0.2, 0) is 13.0 Å². The maximum Gasteiger partial charge on any atom is 0.0396 e. The molecule has 104 valence electrons. The SMILES string of the molecule is CN1CC(CNCc2ccncc2)Cc2ccccc21. The van der Waals surface area contributed by atoms with Crippen LogP contribution in [0.2, 0.25) is 0 Å². The van der Waals surface area contributed by atoms with Crippen LogP contribution < -0.4 is 10.2 Å². The van der Waals surface area contributed by atoms with E-state index in [1.807, 2.05) is 12.4 Å². The van der Waals surface area contributed by atoms with E-state index in [0.717, 1.165) is 19.6 Å². The molecule has 3 nitrogen and oxygen atoms in total. The van der Waals surface area contributed by atoms with E-state index in [4.69, 9.17) is 0 Å². The Kier molecular flexibility index (Phi) is 3.97. The Hall–Kier alpha value is -1.87. The monoisotopic (exact) mass is 267 g/mol. The molecule has 20 heavy (non-hydrogen) atoms. The standard InChI is InChI=1S/C17H21N3/c1-20-13-15(10-16-4-2-3-5-17(16)20)12-19-11-14-6-8-18-9-7-14/h2-9,15,19H,10-13H2,1H3. The third-order valence-corrected chi connectivity index (χ3v) is 3.96. The van der Waals surface area contributed by atoms with Crippen molar-refractivity contribution in [3.8, 4) is 0 Å². The van der Waals surface area contributed by atoms with E-state index in [-0.39, 0.29) is 0 Å². The van der Waals surface area contributed by atoms with Gasteiger partial charge in [-0.05, 0) is 41.7 Å². The van der Waals surface area contributed by atoms with Gasteiger partial charge in [-0.3, -0.25) is 4.98 Å². The Labute approximate surface area is 120 Å². The largest absolute Gasteiger partial charge is 0.374 e. The summed E-state index contributed by atoms with van der Waals surface area (Å²) in [5, 5.41) is 3.57. The molecule has 1 aliphatic rings. The van der Waals surface area contributed by atoms with Crippen LogP contribution >= 0.6 is 0 Å². The number of hydrogen-bond acceptors (Lipinski definition) is 3. The van der Waals surface area contributed by atoms with E-state index < -0.39 is 0 Å². The number of anilines is 1. The Morgan fingerprint density at radius 2 is 2.00 bits per heavy atom. The molecule has 1 unspecified atom stereocenters. The van der Waals surface area contributed by atoms with Gasteiger partial charge in [-0.25, -0.2) is 0 Å². The summed E-state index contributed by atoms with van der Waals surface area (Å²) in [6.07, 6.45) is 4.87. The minimum atomic E-state index is 0.678. The van der Waals surface area contributed by atoms with Gasteiger partial charge in [0.2, 0.25) is 0 Å².